The van der Waals surface area contributed by atoms with Crippen LogP contribution in [0.5, 0.6) is 0 Å². The summed E-state index contributed by atoms with van der Waals surface area (Å²) >= 11 is 0. The molecule has 2 rings (SSSR count). The van der Waals surface area contributed by atoms with Crippen molar-refractivity contribution >= 4 is 12.0 Å². The van der Waals surface area contributed by atoms with E-state index in [0.717, 1.165) is 30.8 Å². The number of nitrogens with zero attached hydrogens (tertiary/aromatic N) is 3. The summed E-state index contributed by atoms with van der Waals surface area (Å²) in [5, 5.41) is 6.95. The SMILES string of the molecule is CCN(CC)Cc1ccc(CNC(=O)/C=C/c2cnn(C)c2)cc1. The Kier molecular flexibility index (Phi) is 6.75. The Morgan fingerprint density at radius 2 is 1.88 bits per heavy atom. The van der Waals surface area contributed by atoms with Gasteiger partial charge in [-0.3, -0.25) is 14.4 Å². The van der Waals surface area contributed by atoms with Gasteiger partial charge in [0.25, 0.3) is 0 Å². The van der Waals surface area contributed by atoms with E-state index in [9.17, 15) is 4.79 Å². The molecule has 1 heterocycles. The number of aryl methyl sites for hydroxylation is 1. The molecule has 0 radical (unpaired) electrons. The van der Waals surface area contributed by atoms with Crippen molar-refractivity contribution in [2.24, 2.45) is 7.05 Å². The van der Waals surface area contributed by atoms with Crippen LogP contribution in [0.3, 0.4) is 0 Å². The fraction of sp³-hybridized carbons (Fsp3) is 0.368. The van der Waals surface area contributed by atoms with Crippen molar-refractivity contribution in [3.8, 4) is 0 Å². The Balaban J connectivity index is 1.81. The molecule has 0 saturated heterocycles. The van der Waals surface area contributed by atoms with E-state index in [4.69, 9.17) is 0 Å². The third-order valence-electron chi connectivity index (χ3n) is 3.94. The molecule has 1 amide bonds. The Morgan fingerprint density at radius 1 is 1.21 bits per heavy atom. The zero-order valence-corrected chi connectivity index (χ0v) is 14.7. The second-order valence-corrected chi connectivity index (χ2v) is 5.78. The summed E-state index contributed by atoms with van der Waals surface area (Å²) < 4.78 is 1.71. The highest BCUT2D eigenvalue weighted by Crippen LogP contribution is 2.07. The lowest BCUT2D eigenvalue weighted by Gasteiger charge is -2.18. The third-order valence-corrected chi connectivity index (χ3v) is 3.94. The number of carbonyl (C=O) groups is 1. The van der Waals surface area contributed by atoms with Crippen LogP contribution in [0.15, 0.2) is 42.7 Å². The van der Waals surface area contributed by atoms with Crippen molar-refractivity contribution < 1.29 is 4.79 Å². The maximum Gasteiger partial charge on any atom is 0.244 e. The first kappa shape index (κ1) is 17.9. The van der Waals surface area contributed by atoms with E-state index in [1.165, 1.54) is 11.6 Å². The molecule has 0 spiro atoms. The minimum absolute atomic E-state index is 0.105. The quantitative estimate of drug-likeness (QED) is 0.759. The zero-order valence-electron chi connectivity index (χ0n) is 14.7. The molecule has 0 aliphatic heterocycles. The fourth-order valence-corrected chi connectivity index (χ4v) is 2.41. The van der Waals surface area contributed by atoms with Gasteiger partial charge in [0.15, 0.2) is 0 Å². The van der Waals surface area contributed by atoms with Crippen LogP contribution in [0.25, 0.3) is 6.08 Å². The Morgan fingerprint density at radius 3 is 2.46 bits per heavy atom. The van der Waals surface area contributed by atoms with E-state index in [0.29, 0.717) is 6.54 Å². The lowest BCUT2D eigenvalue weighted by Crippen LogP contribution is -2.22. The van der Waals surface area contributed by atoms with Gasteiger partial charge in [0.05, 0.1) is 6.20 Å². The largest absolute Gasteiger partial charge is 0.348 e. The average molecular weight is 326 g/mol. The van der Waals surface area contributed by atoms with Gasteiger partial charge in [-0.15, -0.1) is 0 Å². The number of carbonyl (C=O) groups excluding carboxylic acids is 1. The standard InChI is InChI=1S/C19H26N4O/c1-4-23(5-2)15-17-8-6-16(7-9-17)12-20-19(24)11-10-18-13-21-22(3)14-18/h6-11,13-14H,4-5,12,15H2,1-3H3,(H,20,24)/b11-10+. The van der Waals surface area contributed by atoms with E-state index >= 15 is 0 Å². The number of hydrogen-bond donors (Lipinski definition) is 1. The first-order chi connectivity index (χ1) is 11.6. The summed E-state index contributed by atoms with van der Waals surface area (Å²) in [5.74, 6) is -0.105. The molecule has 5 nitrogen and oxygen atoms in total. The Hall–Kier alpha value is -2.40. The monoisotopic (exact) mass is 326 g/mol. The average Bonchev–Trinajstić information content (AvgIpc) is 3.02. The summed E-state index contributed by atoms with van der Waals surface area (Å²) in [6, 6.07) is 8.41. The second-order valence-electron chi connectivity index (χ2n) is 5.78. The number of rotatable bonds is 8. The molecule has 5 heteroatoms. The van der Waals surface area contributed by atoms with Gasteiger partial charge < -0.3 is 5.32 Å². The van der Waals surface area contributed by atoms with E-state index in [1.807, 2.05) is 13.2 Å². The normalized spacial score (nSPS) is 11.3. The van der Waals surface area contributed by atoms with Crippen LogP contribution in [0.1, 0.15) is 30.5 Å². The minimum atomic E-state index is -0.105. The number of aromatic nitrogens is 2. The first-order valence-corrected chi connectivity index (χ1v) is 8.35. The molecule has 0 unspecified atom stereocenters. The molecule has 1 N–H and O–H groups in total. The van der Waals surface area contributed by atoms with Gasteiger partial charge in [-0.25, -0.2) is 0 Å². The Bertz CT molecular complexity index is 669. The van der Waals surface area contributed by atoms with Crippen LogP contribution in [0.4, 0.5) is 0 Å². The number of nitrogens with one attached hydrogen (secondary N) is 1. The van der Waals surface area contributed by atoms with E-state index in [1.54, 1.807) is 17.0 Å². The van der Waals surface area contributed by atoms with Gasteiger partial charge in [-0.05, 0) is 30.3 Å². The molecule has 0 fully saturated rings. The summed E-state index contributed by atoms with van der Waals surface area (Å²) in [4.78, 5) is 14.2. The van der Waals surface area contributed by atoms with Crippen LogP contribution in [0, 0.1) is 0 Å². The molecule has 1 aromatic heterocycles. The summed E-state index contributed by atoms with van der Waals surface area (Å²) in [6.07, 6.45) is 6.87. The molecule has 0 aliphatic rings. The number of amides is 1. The van der Waals surface area contributed by atoms with Crippen LogP contribution >= 0.6 is 0 Å². The van der Waals surface area contributed by atoms with Gasteiger partial charge in [0.2, 0.25) is 5.91 Å². The molecule has 0 atom stereocenters. The van der Waals surface area contributed by atoms with Gasteiger partial charge in [-0.2, -0.15) is 5.10 Å². The predicted octanol–water partition coefficient (Wildman–Crippen LogP) is 2.59. The van der Waals surface area contributed by atoms with Crippen LogP contribution in [-0.2, 0) is 24.9 Å². The van der Waals surface area contributed by atoms with Gasteiger partial charge >= 0.3 is 0 Å². The van der Waals surface area contributed by atoms with E-state index in [2.05, 4.69) is 53.4 Å². The summed E-state index contributed by atoms with van der Waals surface area (Å²) in [7, 11) is 1.85. The maximum atomic E-state index is 11.9. The molecule has 24 heavy (non-hydrogen) atoms. The minimum Gasteiger partial charge on any atom is -0.348 e. The number of hydrogen-bond acceptors (Lipinski definition) is 3. The lowest BCUT2D eigenvalue weighted by atomic mass is 10.1. The van der Waals surface area contributed by atoms with Crippen LogP contribution < -0.4 is 5.32 Å². The highest BCUT2D eigenvalue weighted by molar-refractivity contribution is 5.91. The highest BCUT2D eigenvalue weighted by atomic mass is 16.1. The molecule has 0 bridgehead atoms. The molecule has 2 aromatic rings. The third kappa shape index (κ3) is 5.66. The van der Waals surface area contributed by atoms with E-state index < -0.39 is 0 Å². The van der Waals surface area contributed by atoms with Crippen LogP contribution in [0.2, 0.25) is 0 Å². The van der Waals surface area contributed by atoms with Crippen molar-refractivity contribution in [1.82, 2.24) is 20.0 Å². The second kappa shape index (κ2) is 9.03. The smallest absolute Gasteiger partial charge is 0.244 e. The summed E-state index contributed by atoms with van der Waals surface area (Å²) in [6.45, 7) is 7.95. The zero-order chi connectivity index (χ0) is 17.4. The van der Waals surface area contributed by atoms with Crippen molar-refractivity contribution in [2.75, 3.05) is 13.1 Å². The topological polar surface area (TPSA) is 50.2 Å². The molecule has 0 aliphatic carbocycles. The fourth-order valence-electron chi connectivity index (χ4n) is 2.41. The predicted molar refractivity (Wildman–Crippen MR) is 97.2 cm³/mol. The lowest BCUT2D eigenvalue weighted by molar-refractivity contribution is -0.116. The molecule has 128 valence electrons. The van der Waals surface area contributed by atoms with Crippen LogP contribution in [-0.4, -0.2) is 33.7 Å². The number of benzene rings is 1. The van der Waals surface area contributed by atoms with Crippen molar-refractivity contribution in [3.05, 3.63) is 59.4 Å². The van der Waals surface area contributed by atoms with Crippen molar-refractivity contribution in [2.45, 2.75) is 26.9 Å². The van der Waals surface area contributed by atoms with Gasteiger partial charge in [0.1, 0.15) is 0 Å². The highest BCUT2D eigenvalue weighted by Gasteiger charge is 2.02. The Labute approximate surface area is 144 Å². The molecular weight excluding hydrogens is 300 g/mol. The molecule has 0 saturated carbocycles. The first-order valence-electron chi connectivity index (χ1n) is 8.35. The van der Waals surface area contributed by atoms with E-state index in [-0.39, 0.29) is 5.91 Å². The van der Waals surface area contributed by atoms with Crippen molar-refractivity contribution in [1.29, 1.82) is 0 Å². The molecular formula is C19H26N4O. The van der Waals surface area contributed by atoms with Gasteiger partial charge in [0, 0.05) is 38.0 Å². The molecule has 1 aromatic carbocycles. The maximum absolute atomic E-state index is 11.9. The van der Waals surface area contributed by atoms with Crippen molar-refractivity contribution in [3.63, 3.8) is 0 Å². The van der Waals surface area contributed by atoms with Gasteiger partial charge in [-0.1, -0.05) is 38.1 Å². The summed E-state index contributed by atoms with van der Waals surface area (Å²) in [5.41, 5.74) is 3.31.